The van der Waals surface area contributed by atoms with Gasteiger partial charge in [0.25, 0.3) is 5.91 Å². The van der Waals surface area contributed by atoms with E-state index in [9.17, 15) is 4.79 Å². The van der Waals surface area contributed by atoms with Gasteiger partial charge in [-0.2, -0.15) is 0 Å². The summed E-state index contributed by atoms with van der Waals surface area (Å²) in [5.41, 5.74) is 7.31. The van der Waals surface area contributed by atoms with Gasteiger partial charge in [-0.3, -0.25) is 9.36 Å². The molecule has 1 amide bonds. The molecule has 0 unspecified atom stereocenters. The summed E-state index contributed by atoms with van der Waals surface area (Å²) in [5.74, 6) is 0.655. The zero-order chi connectivity index (χ0) is 22.9. The molecule has 34 heavy (non-hydrogen) atoms. The van der Waals surface area contributed by atoms with Gasteiger partial charge in [0.05, 0.1) is 17.1 Å². The van der Waals surface area contributed by atoms with Crippen molar-refractivity contribution in [3.63, 3.8) is 0 Å². The van der Waals surface area contributed by atoms with Gasteiger partial charge in [0.2, 0.25) is 0 Å². The van der Waals surface area contributed by atoms with E-state index in [2.05, 4.69) is 46.3 Å². The van der Waals surface area contributed by atoms with E-state index < -0.39 is 0 Å². The minimum absolute atomic E-state index is 0.0915. The van der Waals surface area contributed by atoms with Gasteiger partial charge >= 0.3 is 0 Å². The highest BCUT2D eigenvalue weighted by Crippen LogP contribution is 2.36. The number of fused-ring (bicyclic) bond motifs is 1. The molecule has 0 saturated heterocycles. The van der Waals surface area contributed by atoms with Crippen LogP contribution in [0.2, 0.25) is 0 Å². The van der Waals surface area contributed by atoms with Crippen LogP contribution in [0.1, 0.15) is 21.7 Å². The molecule has 0 aliphatic carbocycles. The molecule has 4 aromatic carbocycles. The van der Waals surface area contributed by atoms with Crippen molar-refractivity contribution in [2.24, 2.45) is 0 Å². The van der Waals surface area contributed by atoms with Crippen LogP contribution in [0.15, 0.2) is 115 Å². The molecule has 2 heterocycles. The van der Waals surface area contributed by atoms with Crippen molar-refractivity contribution >= 4 is 17.7 Å². The smallest absolute Gasteiger partial charge is 0.256 e. The molecule has 1 aliphatic rings. The summed E-state index contributed by atoms with van der Waals surface area (Å²) in [6.45, 7) is 0. The lowest BCUT2D eigenvalue weighted by Gasteiger charge is -2.13. The first-order valence-electron chi connectivity index (χ1n) is 11.2. The Morgan fingerprint density at radius 1 is 0.647 bits per heavy atom. The third-order valence-electron chi connectivity index (χ3n) is 6.00. The van der Waals surface area contributed by atoms with Crippen LogP contribution in [0.5, 0.6) is 0 Å². The molecule has 6 rings (SSSR count). The van der Waals surface area contributed by atoms with Crippen molar-refractivity contribution < 1.29 is 4.79 Å². The second-order valence-electron chi connectivity index (χ2n) is 8.13. The van der Waals surface area contributed by atoms with Gasteiger partial charge < -0.3 is 5.32 Å². The zero-order valence-electron chi connectivity index (χ0n) is 18.3. The Hall–Kier alpha value is -4.70. The first-order valence-corrected chi connectivity index (χ1v) is 11.2. The molecule has 0 fully saturated rings. The maximum atomic E-state index is 12.6. The topological polar surface area (TPSA) is 46.9 Å². The molecule has 0 atom stereocenters. The summed E-state index contributed by atoms with van der Waals surface area (Å²) >= 11 is 0. The average molecular weight is 440 g/mol. The number of aromatic nitrogens is 2. The molecule has 4 heteroatoms. The average Bonchev–Trinajstić information content (AvgIpc) is 3.44. The van der Waals surface area contributed by atoms with Crippen LogP contribution in [0.25, 0.3) is 40.0 Å². The Bertz CT molecular complexity index is 1520. The van der Waals surface area contributed by atoms with Gasteiger partial charge in [-0.15, -0.1) is 0 Å². The van der Waals surface area contributed by atoms with Gasteiger partial charge in [0.1, 0.15) is 5.82 Å². The number of rotatable bonds is 4. The highest BCUT2D eigenvalue weighted by molar-refractivity contribution is 6.11. The number of amides is 1. The summed E-state index contributed by atoms with van der Waals surface area (Å²) in [6.07, 6.45) is 1.97. The van der Waals surface area contributed by atoms with E-state index in [1.807, 2.05) is 84.9 Å². The fourth-order valence-electron chi connectivity index (χ4n) is 4.45. The number of nitrogens with one attached hydrogen (secondary N) is 1. The fraction of sp³-hybridized carbons (Fsp3) is 0. The Kier molecular flexibility index (Phi) is 4.89. The number of hydrogen-bond acceptors (Lipinski definition) is 2. The van der Waals surface area contributed by atoms with E-state index in [0.717, 1.165) is 45.3 Å². The number of hydrogen-bond donors (Lipinski definition) is 1. The standard InChI is InChI=1S/C30H21N3O/c34-30-25-19-11-10-18-24(25)26(31-30)20-27-32-28(21-12-4-1-5-13-21)29(22-14-6-2-7-15-22)33(27)23-16-8-3-9-17-23/h1-20H,(H,31,34)/b26-20-. The maximum absolute atomic E-state index is 12.6. The Morgan fingerprint density at radius 3 is 1.88 bits per heavy atom. The van der Waals surface area contributed by atoms with Crippen molar-refractivity contribution in [1.29, 1.82) is 0 Å². The van der Waals surface area contributed by atoms with E-state index in [1.165, 1.54) is 0 Å². The first kappa shape index (κ1) is 19.9. The number of nitrogens with zero attached hydrogens (tertiary/aromatic N) is 2. The number of carbonyl (C=O) groups excluding carboxylic acids is 1. The highest BCUT2D eigenvalue weighted by atomic mass is 16.1. The fourth-order valence-corrected chi connectivity index (χ4v) is 4.45. The van der Waals surface area contributed by atoms with Crippen LogP contribution < -0.4 is 5.32 Å². The molecule has 1 N–H and O–H groups in total. The third kappa shape index (κ3) is 3.42. The van der Waals surface area contributed by atoms with E-state index in [0.29, 0.717) is 5.56 Å². The summed E-state index contributed by atoms with van der Waals surface area (Å²) in [4.78, 5) is 17.7. The highest BCUT2D eigenvalue weighted by Gasteiger charge is 2.25. The molecule has 0 radical (unpaired) electrons. The maximum Gasteiger partial charge on any atom is 0.256 e. The van der Waals surface area contributed by atoms with Gasteiger partial charge in [-0.25, -0.2) is 4.98 Å². The normalized spacial score (nSPS) is 13.6. The van der Waals surface area contributed by atoms with Crippen molar-refractivity contribution in [2.45, 2.75) is 0 Å². The summed E-state index contributed by atoms with van der Waals surface area (Å²) in [6, 6.07) is 38.4. The molecule has 0 bridgehead atoms. The third-order valence-corrected chi connectivity index (χ3v) is 6.00. The number of benzene rings is 4. The van der Waals surface area contributed by atoms with E-state index >= 15 is 0 Å². The van der Waals surface area contributed by atoms with E-state index in [4.69, 9.17) is 4.98 Å². The van der Waals surface area contributed by atoms with Gasteiger partial charge in [-0.05, 0) is 18.2 Å². The molecule has 1 aliphatic heterocycles. The second-order valence-corrected chi connectivity index (χ2v) is 8.13. The quantitative estimate of drug-likeness (QED) is 0.350. The van der Waals surface area contributed by atoms with Crippen molar-refractivity contribution in [2.75, 3.05) is 0 Å². The minimum Gasteiger partial charge on any atom is -0.321 e. The number of carbonyl (C=O) groups is 1. The van der Waals surface area contributed by atoms with E-state index in [1.54, 1.807) is 0 Å². The van der Waals surface area contributed by atoms with Gasteiger partial charge in [0, 0.05) is 34.0 Å². The molecule has 5 aromatic rings. The Labute approximate surface area is 197 Å². The molecule has 4 nitrogen and oxygen atoms in total. The predicted octanol–water partition coefficient (Wildman–Crippen LogP) is 6.45. The summed E-state index contributed by atoms with van der Waals surface area (Å²) < 4.78 is 2.16. The molecular weight excluding hydrogens is 418 g/mol. The van der Waals surface area contributed by atoms with Crippen LogP contribution in [0.4, 0.5) is 0 Å². The monoisotopic (exact) mass is 439 g/mol. The summed E-state index contributed by atoms with van der Waals surface area (Å²) in [5, 5.41) is 3.02. The largest absolute Gasteiger partial charge is 0.321 e. The first-order chi connectivity index (χ1) is 16.8. The lowest BCUT2D eigenvalue weighted by molar-refractivity contribution is 0.0981. The van der Waals surface area contributed by atoms with Crippen LogP contribution in [0.3, 0.4) is 0 Å². The molecule has 0 saturated carbocycles. The number of para-hydroxylation sites is 1. The predicted molar refractivity (Wildman–Crippen MR) is 136 cm³/mol. The molecule has 162 valence electrons. The minimum atomic E-state index is -0.0915. The molecular formula is C30H21N3O. The lowest BCUT2D eigenvalue weighted by atomic mass is 10.0. The Balaban J connectivity index is 1.66. The van der Waals surface area contributed by atoms with Crippen LogP contribution in [-0.2, 0) is 0 Å². The van der Waals surface area contributed by atoms with Crippen LogP contribution in [-0.4, -0.2) is 15.5 Å². The summed E-state index contributed by atoms with van der Waals surface area (Å²) in [7, 11) is 0. The molecule has 0 spiro atoms. The van der Waals surface area contributed by atoms with Gasteiger partial charge in [-0.1, -0.05) is 97.1 Å². The molecule has 1 aromatic heterocycles. The Morgan fingerprint density at radius 2 is 1.21 bits per heavy atom. The number of imidazole rings is 1. The zero-order valence-corrected chi connectivity index (χ0v) is 18.3. The van der Waals surface area contributed by atoms with Crippen LogP contribution >= 0.6 is 0 Å². The van der Waals surface area contributed by atoms with Gasteiger partial charge in [0.15, 0.2) is 0 Å². The van der Waals surface area contributed by atoms with Crippen molar-refractivity contribution in [1.82, 2.24) is 14.9 Å². The van der Waals surface area contributed by atoms with Crippen molar-refractivity contribution in [3.8, 4) is 28.2 Å². The second kappa shape index (κ2) is 8.34. The lowest BCUT2D eigenvalue weighted by Crippen LogP contribution is -2.12. The SMILES string of the molecule is O=C1N/C(=C\c2nc(-c3ccccc3)c(-c3ccccc3)n2-c2ccccc2)c2ccccc21. The van der Waals surface area contributed by atoms with E-state index in [-0.39, 0.29) is 5.91 Å². The van der Waals surface area contributed by atoms with Crippen molar-refractivity contribution in [3.05, 3.63) is 132 Å². The van der Waals surface area contributed by atoms with Crippen LogP contribution in [0, 0.1) is 0 Å².